The van der Waals surface area contributed by atoms with E-state index in [1.807, 2.05) is 13.8 Å². The molecule has 0 fully saturated rings. The zero-order chi connectivity index (χ0) is 39.3. The smallest absolute Gasteiger partial charge is 0.226 e. The minimum Gasteiger partial charge on any atom is -0.356 e. The van der Waals surface area contributed by atoms with Crippen molar-refractivity contribution in [2.45, 2.75) is 176 Å². The summed E-state index contributed by atoms with van der Waals surface area (Å²) in [7, 11) is 3.13. The lowest BCUT2D eigenvalue weighted by Crippen LogP contribution is -2.40. The van der Waals surface area contributed by atoms with Gasteiger partial charge in [0, 0.05) is 70.1 Å². The van der Waals surface area contributed by atoms with E-state index in [0.29, 0.717) is 18.9 Å². The van der Waals surface area contributed by atoms with Crippen molar-refractivity contribution in [3.63, 3.8) is 0 Å². The molecule has 302 valence electrons. The SMILES string of the molecule is CCCCCCCCCCCCCCCC(=O)NCCC(=O)N(C)CC(=O)C[C@@H](CCCCNC(C)C)C(=O)N(C)CC(=O)C[C@@H](C)C(=O)C(C)C. The van der Waals surface area contributed by atoms with Crippen molar-refractivity contribution in [2.24, 2.45) is 17.8 Å². The Kier molecular flexibility index (Phi) is 29.2. The molecule has 0 aliphatic heterocycles. The van der Waals surface area contributed by atoms with Crippen LogP contribution in [0.25, 0.3) is 0 Å². The highest BCUT2D eigenvalue weighted by Crippen LogP contribution is 2.18. The molecule has 52 heavy (non-hydrogen) atoms. The monoisotopic (exact) mass is 735 g/mol. The molecule has 2 N–H and O–H groups in total. The van der Waals surface area contributed by atoms with Gasteiger partial charge in [-0.25, -0.2) is 0 Å². The third-order valence-corrected chi connectivity index (χ3v) is 9.74. The first-order chi connectivity index (χ1) is 24.7. The minimum absolute atomic E-state index is 0.0203. The second-order valence-electron chi connectivity index (χ2n) is 15.8. The normalized spacial score (nSPS) is 12.5. The summed E-state index contributed by atoms with van der Waals surface area (Å²) in [5.74, 6) is -2.15. The average Bonchev–Trinajstić information content (AvgIpc) is 3.08. The van der Waals surface area contributed by atoms with Gasteiger partial charge in [-0.05, 0) is 25.8 Å². The molecule has 0 aromatic rings. The van der Waals surface area contributed by atoms with Crippen LogP contribution in [0.3, 0.4) is 0 Å². The number of hydrogen-bond acceptors (Lipinski definition) is 7. The molecule has 0 spiro atoms. The Labute approximate surface area is 317 Å². The predicted octanol–water partition coefficient (Wildman–Crippen LogP) is 7.45. The highest BCUT2D eigenvalue weighted by Gasteiger charge is 2.28. The molecule has 0 heterocycles. The first-order valence-electron chi connectivity index (χ1n) is 20.8. The second-order valence-corrected chi connectivity index (χ2v) is 15.8. The first kappa shape index (κ1) is 49.4. The van der Waals surface area contributed by atoms with Crippen molar-refractivity contribution in [3.05, 3.63) is 0 Å². The van der Waals surface area contributed by atoms with Crippen molar-refractivity contribution in [1.29, 1.82) is 0 Å². The summed E-state index contributed by atoms with van der Waals surface area (Å²) >= 11 is 0. The van der Waals surface area contributed by atoms with E-state index in [1.54, 1.807) is 21.0 Å². The molecule has 10 heteroatoms. The number of carbonyl (C=O) groups excluding carboxylic acids is 6. The molecule has 0 unspecified atom stereocenters. The highest BCUT2D eigenvalue weighted by atomic mass is 16.2. The molecule has 0 rings (SSSR count). The predicted molar refractivity (Wildman–Crippen MR) is 212 cm³/mol. The van der Waals surface area contributed by atoms with Crippen LogP contribution in [0.4, 0.5) is 0 Å². The number of ketones is 3. The standard InChI is InChI=1S/C42H78N4O6/c1-9-10-11-12-13-14-15-16-17-18-19-20-21-25-39(49)44-28-26-40(50)45(7)31-38(48)30-36(24-22-23-27-43-34(4)5)42(52)46(8)32-37(47)29-35(6)41(51)33(2)3/h33-36,43H,9-32H2,1-8H3,(H,44,49)/t35-,36-/m1/s1. The Morgan fingerprint density at radius 3 is 1.63 bits per heavy atom. The molecule has 2 atom stereocenters. The van der Waals surface area contributed by atoms with Gasteiger partial charge in [0.15, 0.2) is 11.6 Å². The summed E-state index contributed by atoms with van der Waals surface area (Å²) in [5.41, 5.74) is 0. The van der Waals surface area contributed by atoms with E-state index in [0.717, 1.165) is 38.6 Å². The van der Waals surface area contributed by atoms with Crippen LogP contribution < -0.4 is 10.6 Å². The largest absolute Gasteiger partial charge is 0.356 e. The van der Waals surface area contributed by atoms with Crippen molar-refractivity contribution in [3.8, 4) is 0 Å². The van der Waals surface area contributed by atoms with Crippen molar-refractivity contribution >= 4 is 35.1 Å². The molecule has 0 bridgehead atoms. The maximum absolute atomic E-state index is 13.5. The van der Waals surface area contributed by atoms with Crippen LogP contribution in [0.2, 0.25) is 0 Å². The summed E-state index contributed by atoms with van der Waals surface area (Å²) in [6.07, 6.45) is 19.0. The van der Waals surface area contributed by atoms with Crippen LogP contribution in [0.5, 0.6) is 0 Å². The number of nitrogens with zero attached hydrogens (tertiary/aromatic N) is 2. The van der Waals surface area contributed by atoms with E-state index in [2.05, 4.69) is 31.4 Å². The lowest BCUT2D eigenvalue weighted by atomic mass is 9.92. The fraction of sp³-hybridized carbons (Fsp3) is 0.857. The van der Waals surface area contributed by atoms with Crippen LogP contribution in [0.15, 0.2) is 0 Å². The van der Waals surface area contributed by atoms with Gasteiger partial charge in [0.25, 0.3) is 0 Å². The fourth-order valence-electron chi connectivity index (χ4n) is 6.53. The van der Waals surface area contributed by atoms with Gasteiger partial charge in [0.1, 0.15) is 5.78 Å². The molecule has 0 saturated heterocycles. The third kappa shape index (κ3) is 26.2. The van der Waals surface area contributed by atoms with Gasteiger partial charge >= 0.3 is 0 Å². The third-order valence-electron chi connectivity index (χ3n) is 9.74. The summed E-state index contributed by atoms with van der Waals surface area (Å²) in [4.78, 5) is 79.3. The number of amides is 3. The van der Waals surface area contributed by atoms with Gasteiger partial charge in [-0.15, -0.1) is 0 Å². The Morgan fingerprint density at radius 1 is 0.577 bits per heavy atom. The molecule has 10 nitrogen and oxygen atoms in total. The first-order valence-corrected chi connectivity index (χ1v) is 20.8. The van der Waals surface area contributed by atoms with Crippen LogP contribution >= 0.6 is 0 Å². The van der Waals surface area contributed by atoms with Crippen molar-refractivity contribution in [1.82, 2.24) is 20.4 Å². The van der Waals surface area contributed by atoms with Gasteiger partial charge in [-0.1, -0.05) is 125 Å². The summed E-state index contributed by atoms with van der Waals surface area (Å²) in [6.45, 7) is 12.5. The number of unbranched alkanes of at least 4 members (excludes halogenated alkanes) is 13. The van der Waals surface area contributed by atoms with Crippen LogP contribution in [-0.4, -0.2) is 91.2 Å². The molecule has 0 aliphatic rings. The van der Waals surface area contributed by atoms with E-state index in [1.165, 1.54) is 74.0 Å². The Morgan fingerprint density at radius 2 is 1.10 bits per heavy atom. The van der Waals surface area contributed by atoms with Gasteiger partial charge in [-0.3, -0.25) is 28.8 Å². The quantitative estimate of drug-likeness (QED) is 0.0656. The Bertz CT molecular complexity index is 1030. The zero-order valence-corrected chi connectivity index (χ0v) is 34.6. The molecule has 0 aliphatic carbocycles. The summed E-state index contributed by atoms with van der Waals surface area (Å²) in [5, 5.41) is 6.19. The highest BCUT2D eigenvalue weighted by molar-refractivity contribution is 5.93. The molecule has 0 radical (unpaired) electrons. The molecule has 3 amide bonds. The van der Waals surface area contributed by atoms with E-state index in [-0.39, 0.29) is 79.9 Å². The van der Waals surface area contributed by atoms with Gasteiger partial charge in [0.05, 0.1) is 13.1 Å². The summed E-state index contributed by atoms with van der Waals surface area (Å²) in [6, 6.07) is 0.353. The lowest BCUT2D eigenvalue weighted by molar-refractivity contribution is -0.140. The van der Waals surface area contributed by atoms with E-state index < -0.39 is 11.8 Å². The van der Waals surface area contributed by atoms with Crippen LogP contribution in [0, 0.1) is 17.8 Å². The number of Topliss-reactive ketones (excluding diaryl/α,β-unsaturated/α-hetero) is 3. The summed E-state index contributed by atoms with van der Waals surface area (Å²) < 4.78 is 0. The topological polar surface area (TPSA) is 133 Å². The number of carbonyl (C=O) groups is 6. The maximum Gasteiger partial charge on any atom is 0.226 e. The maximum atomic E-state index is 13.5. The second kappa shape index (κ2) is 30.8. The average molecular weight is 735 g/mol. The van der Waals surface area contributed by atoms with E-state index in [9.17, 15) is 28.8 Å². The van der Waals surface area contributed by atoms with Crippen LogP contribution in [-0.2, 0) is 28.8 Å². The molecular formula is C42H78N4O6. The zero-order valence-electron chi connectivity index (χ0n) is 34.6. The molecule has 0 aromatic heterocycles. The fourth-order valence-corrected chi connectivity index (χ4v) is 6.53. The number of hydrogen-bond donors (Lipinski definition) is 2. The van der Waals surface area contributed by atoms with Crippen molar-refractivity contribution < 1.29 is 28.8 Å². The molecular weight excluding hydrogens is 656 g/mol. The number of nitrogens with one attached hydrogen (secondary N) is 2. The van der Waals surface area contributed by atoms with Gasteiger partial charge < -0.3 is 20.4 Å². The minimum atomic E-state index is -0.605. The van der Waals surface area contributed by atoms with Gasteiger partial charge in [0.2, 0.25) is 17.7 Å². The molecule has 0 aromatic carbocycles. The van der Waals surface area contributed by atoms with Crippen molar-refractivity contribution in [2.75, 3.05) is 40.3 Å². The Hall–Kier alpha value is -2.62. The Balaban J connectivity index is 4.60. The number of likely N-dealkylation sites (N-methyl/N-ethyl adjacent to an activating group) is 2. The van der Waals surface area contributed by atoms with Gasteiger partial charge in [-0.2, -0.15) is 0 Å². The molecule has 0 saturated carbocycles. The lowest BCUT2D eigenvalue weighted by Gasteiger charge is -2.25. The van der Waals surface area contributed by atoms with E-state index in [4.69, 9.17) is 0 Å². The number of rotatable bonds is 34. The van der Waals surface area contributed by atoms with Crippen LogP contribution in [0.1, 0.15) is 170 Å². The van der Waals surface area contributed by atoms with E-state index >= 15 is 0 Å².